The number of hydrogen-bond donors (Lipinski definition) is 3. The van der Waals surface area contributed by atoms with Gasteiger partial charge in [0.2, 0.25) is 0 Å². The molecule has 0 aliphatic heterocycles. The van der Waals surface area contributed by atoms with Gasteiger partial charge >= 0.3 is 0 Å². The summed E-state index contributed by atoms with van der Waals surface area (Å²) in [5.41, 5.74) is -1.61. The molecule has 5 rings (SSSR count). The van der Waals surface area contributed by atoms with Crippen LogP contribution < -0.4 is 0 Å². The van der Waals surface area contributed by atoms with Gasteiger partial charge in [-0.3, -0.25) is 0 Å². The summed E-state index contributed by atoms with van der Waals surface area (Å²) >= 11 is 0. The molecule has 4 aliphatic rings. The second kappa shape index (κ2) is 5.49. The van der Waals surface area contributed by atoms with Crippen molar-refractivity contribution in [3.8, 4) is 0 Å². The molecule has 0 unspecified atom stereocenters. The van der Waals surface area contributed by atoms with Gasteiger partial charge in [0.1, 0.15) is 5.60 Å². The molecule has 0 radical (unpaired) electrons. The monoisotopic (exact) mass is 372 g/mol. The Morgan fingerprint density at radius 1 is 1.04 bits per heavy atom. The zero-order chi connectivity index (χ0) is 19.1. The van der Waals surface area contributed by atoms with Crippen molar-refractivity contribution < 1.29 is 19.7 Å². The Morgan fingerprint density at radius 2 is 1.85 bits per heavy atom. The predicted octanol–water partition coefficient (Wildman–Crippen LogP) is 3.76. The normalized spacial score (nSPS) is 54.3. The Bertz CT molecular complexity index is 756. The molecule has 4 aliphatic carbocycles. The number of aliphatic hydroxyl groups excluding tert-OH is 1. The van der Waals surface area contributed by atoms with Crippen LogP contribution in [0.5, 0.6) is 0 Å². The summed E-state index contributed by atoms with van der Waals surface area (Å²) in [6, 6.07) is 1.85. The van der Waals surface area contributed by atoms with Crippen LogP contribution in [-0.2, 0) is 5.60 Å². The van der Waals surface area contributed by atoms with Crippen molar-refractivity contribution in [2.45, 2.75) is 76.1 Å². The fourth-order valence-corrected chi connectivity index (χ4v) is 7.74. The van der Waals surface area contributed by atoms with E-state index >= 15 is 0 Å². The van der Waals surface area contributed by atoms with Crippen molar-refractivity contribution in [2.75, 3.05) is 0 Å². The Hall–Kier alpha value is -1.10. The summed E-state index contributed by atoms with van der Waals surface area (Å²) in [6.45, 7) is 4.43. The number of allylic oxidation sites excluding steroid dienone is 1. The van der Waals surface area contributed by atoms with Crippen LogP contribution >= 0.6 is 0 Å². The molecule has 3 fully saturated rings. The molecule has 3 N–H and O–H groups in total. The topological polar surface area (TPSA) is 73.8 Å². The van der Waals surface area contributed by atoms with Crippen LogP contribution in [0.15, 0.2) is 35.2 Å². The van der Waals surface area contributed by atoms with Gasteiger partial charge in [-0.05, 0) is 74.2 Å². The Labute approximate surface area is 161 Å². The van der Waals surface area contributed by atoms with Crippen molar-refractivity contribution in [1.82, 2.24) is 0 Å². The number of aliphatic hydroxyl groups is 3. The van der Waals surface area contributed by atoms with Gasteiger partial charge in [-0.1, -0.05) is 26.0 Å². The van der Waals surface area contributed by atoms with Crippen LogP contribution in [0.4, 0.5) is 0 Å². The molecule has 8 atom stereocenters. The Kier molecular flexibility index (Phi) is 3.65. The standard InChI is InChI=1S/C23H32O4/c1-20-8-5-17(24)13-15(20)3-4-19-18(20)6-9-21(2)22(25,10-11-23(19,21)26)16-7-12-27-14-16/h5,7-8,12,14-15,17-19,24-26H,3-4,6,9-11,13H2,1-2H3/t15-,17-,18-,19+,20-,21+,22-,23-/m0/s1. The number of furan rings is 1. The molecule has 0 aromatic carbocycles. The van der Waals surface area contributed by atoms with Crippen molar-refractivity contribution in [2.24, 2.45) is 28.6 Å². The number of fused-ring (bicyclic) bond motifs is 5. The van der Waals surface area contributed by atoms with Crippen LogP contribution in [0.2, 0.25) is 0 Å². The van der Waals surface area contributed by atoms with E-state index in [-0.39, 0.29) is 17.4 Å². The van der Waals surface area contributed by atoms with E-state index in [9.17, 15) is 15.3 Å². The van der Waals surface area contributed by atoms with Gasteiger partial charge in [-0.25, -0.2) is 0 Å². The molecular weight excluding hydrogens is 340 g/mol. The van der Waals surface area contributed by atoms with Crippen molar-refractivity contribution in [3.05, 3.63) is 36.3 Å². The SMILES string of the molecule is C[C@]12C=C[C@H](O)C[C@@H]1CC[C@@H]1[C@@H]2CC[C@]2(C)[C@@](O)(c3ccoc3)CC[C@]12O. The lowest BCUT2D eigenvalue weighted by molar-refractivity contribution is -0.229. The van der Waals surface area contributed by atoms with Crippen molar-refractivity contribution in [3.63, 3.8) is 0 Å². The molecule has 0 spiro atoms. The number of hydrogen-bond acceptors (Lipinski definition) is 4. The number of rotatable bonds is 1. The third kappa shape index (κ3) is 2.05. The van der Waals surface area contributed by atoms with Gasteiger partial charge in [0.15, 0.2) is 0 Å². The van der Waals surface area contributed by atoms with Crippen LogP contribution in [0, 0.1) is 28.6 Å². The molecule has 1 aromatic rings. The van der Waals surface area contributed by atoms with Gasteiger partial charge < -0.3 is 19.7 Å². The van der Waals surface area contributed by atoms with Crippen LogP contribution in [0.25, 0.3) is 0 Å². The fraction of sp³-hybridized carbons (Fsp3) is 0.739. The molecule has 3 saturated carbocycles. The summed E-state index contributed by atoms with van der Waals surface area (Å²) in [4.78, 5) is 0. The van der Waals surface area contributed by atoms with E-state index in [1.165, 1.54) is 0 Å². The zero-order valence-corrected chi connectivity index (χ0v) is 16.4. The highest BCUT2D eigenvalue weighted by Crippen LogP contribution is 2.71. The first-order chi connectivity index (χ1) is 12.7. The minimum atomic E-state index is -1.03. The highest BCUT2D eigenvalue weighted by Gasteiger charge is 2.71. The molecule has 0 bridgehead atoms. The smallest absolute Gasteiger partial charge is 0.101 e. The molecular formula is C23H32O4. The third-order valence-corrected chi connectivity index (χ3v) is 9.50. The fourth-order valence-electron chi connectivity index (χ4n) is 7.74. The van der Waals surface area contributed by atoms with E-state index in [0.717, 1.165) is 37.7 Å². The van der Waals surface area contributed by atoms with E-state index in [1.54, 1.807) is 12.5 Å². The van der Waals surface area contributed by atoms with Crippen LogP contribution in [0.1, 0.15) is 64.4 Å². The van der Waals surface area contributed by atoms with E-state index in [0.29, 0.717) is 24.7 Å². The summed E-state index contributed by atoms with van der Waals surface area (Å²) in [6.07, 6.45) is 13.1. The summed E-state index contributed by atoms with van der Waals surface area (Å²) in [5.74, 6) is 1.09. The molecule has 1 heterocycles. The molecule has 0 saturated heterocycles. The predicted molar refractivity (Wildman–Crippen MR) is 102 cm³/mol. The minimum Gasteiger partial charge on any atom is -0.472 e. The average Bonchev–Trinajstić information content (AvgIpc) is 3.24. The van der Waals surface area contributed by atoms with Gasteiger partial charge in [0, 0.05) is 11.0 Å². The highest BCUT2D eigenvalue weighted by atomic mass is 16.3. The molecule has 148 valence electrons. The molecule has 27 heavy (non-hydrogen) atoms. The average molecular weight is 373 g/mol. The summed E-state index contributed by atoms with van der Waals surface area (Å²) in [7, 11) is 0. The van der Waals surface area contributed by atoms with Crippen LogP contribution in [-0.4, -0.2) is 27.0 Å². The third-order valence-electron chi connectivity index (χ3n) is 9.50. The van der Waals surface area contributed by atoms with Crippen LogP contribution in [0.3, 0.4) is 0 Å². The van der Waals surface area contributed by atoms with E-state index in [1.807, 2.05) is 12.1 Å². The molecule has 4 nitrogen and oxygen atoms in total. The van der Waals surface area contributed by atoms with E-state index in [4.69, 9.17) is 4.42 Å². The zero-order valence-electron chi connectivity index (χ0n) is 16.4. The van der Waals surface area contributed by atoms with Gasteiger partial charge in [-0.15, -0.1) is 0 Å². The largest absolute Gasteiger partial charge is 0.472 e. The molecule has 1 aromatic heterocycles. The second-order valence-corrected chi connectivity index (χ2v) is 10.2. The molecule has 0 amide bonds. The first-order valence-corrected chi connectivity index (χ1v) is 10.6. The minimum absolute atomic E-state index is 0.0373. The maximum absolute atomic E-state index is 12.1. The first-order valence-electron chi connectivity index (χ1n) is 10.6. The lowest BCUT2D eigenvalue weighted by Gasteiger charge is -2.63. The van der Waals surface area contributed by atoms with E-state index < -0.39 is 16.6 Å². The summed E-state index contributed by atoms with van der Waals surface area (Å²) < 4.78 is 5.28. The highest BCUT2D eigenvalue weighted by molar-refractivity contribution is 5.31. The van der Waals surface area contributed by atoms with Crippen molar-refractivity contribution in [1.29, 1.82) is 0 Å². The van der Waals surface area contributed by atoms with Gasteiger partial charge in [0.25, 0.3) is 0 Å². The summed E-state index contributed by atoms with van der Waals surface area (Å²) in [5, 5.41) is 33.9. The lowest BCUT2D eigenvalue weighted by Crippen LogP contribution is -2.64. The Balaban J connectivity index is 1.55. The van der Waals surface area contributed by atoms with Crippen molar-refractivity contribution >= 4 is 0 Å². The Morgan fingerprint density at radius 3 is 2.59 bits per heavy atom. The quantitative estimate of drug-likeness (QED) is 0.656. The van der Waals surface area contributed by atoms with E-state index in [2.05, 4.69) is 19.9 Å². The molecule has 4 heteroatoms. The van der Waals surface area contributed by atoms with Gasteiger partial charge in [-0.2, -0.15) is 0 Å². The first kappa shape index (κ1) is 18.0. The van der Waals surface area contributed by atoms with Gasteiger partial charge in [0.05, 0.1) is 24.2 Å². The lowest BCUT2D eigenvalue weighted by atomic mass is 9.44. The second-order valence-electron chi connectivity index (χ2n) is 10.2. The maximum atomic E-state index is 12.1. The maximum Gasteiger partial charge on any atom is 0.101 e.